The fourth-order valence-electron chi connectivity index (χ4n) is 4.46. The van der Waals surface area contributed by atoms with Crippen LogP contribution in [-0.2, 0) is 33.1 Å². The van der Waals surface area contributed by atoms with Crippen LogP contribution in [0, 0.1) is 0 Å². The van der Waals surface area contributed by atoms with Crippen LogP contribution in [0.1, 0.15) is 24.2 Å². The molecule has 37 heavy (non-hydrogen) atoms. The minimum atomic E-state index is -3.67. The molecule has 0 bridgehead atoms. The highest BCUT2D eigenvalue weighted by Crippen LogP contribution is 2.33. The third kappa shape index (κ3) is 5.68. The van der Waals surface area contributed by atoms with E-state index in [1.165, 1.54) is 6.07 Å². The topological polar surface area (TPSA) is 127 Å². The Kier molecular flexibility index (Phi) is 7.03. The number of sulfonamides is 1. The molecule has 9 nitrogen and oxygen atoms in total. The van der Waals surface area contributed by atoms with Gasteiger partial charge in [0.1, 0.15) is 9.96 Å². The highest BCUT2D eigenvalue weighted by atomic mass is 32.2. The summed E-state index contributed by atoms with van der Waals surface area (Å²) in [5.41, 5.74) is 2.80. The van der Waals surface area contributed by atoms with E-state index in [0.29, 0.717) is 30.0 Å². The summed E-state index contributed by atoms with van der Waals surface area (Å²) < 4.78 is 59.1. The Hall–Kier alpha value is -2.90. The van der Waals surface area contributed by atoms with Crippen molar-refractivity contribution in [2.45, 2.75) is 36.2 Å². The molecule has 2 atom stereocenters. The molecule has 196 valence electrons. The number of hydrogen-bond acceptors (Lipinski definition) is 8. The summed E-state index contributed by atoms with van der Waals surface area (Å²) in [7, 11) is -7.28. The van der Waals surface area contributed by atoms with Crippen LogP contribution in [0.25, 0.3) is 10.9 Å². The monoisotopic (exact) mass is 561 g/mol. The van der Waals surface area contributed by atoms with E-state index in [0.717, 1.165) is 27.8 Å². The molecular formula is C25H27N3O6S3. The lowest BCUT2D eigenvalue weighted by atomic mass is 10.0. The molecule has 3 N–H and O–H groups in total. The smallest absolute Gasteiger partial charge is 0.311 e. The average molecular weight is 562 g/mol. The Labute approximate surface area is 219 Å². The predicted molar refractivity (Wildman–Crippen MR) is 144 cm³/mol. The molecule has 2 unspecified atom stereocenters. The predicted octanol–water partition coefficient (Wildman–Crippen LogP) is 3.48. The van der Waals surface area contributed by atoms with Gasteiger partial charge in [-0.15, -0.1) is 11.3 Å². The number of hydrogen-bond donors (Lipinski definition) is 3. The molecule has 0 aliphatic carbocycles. The zero-order chi connectivity index (χ0) is 26.2. The van der Waals surface area contributed by atoms with E-state index < -0.39 is 26.2 Å². The van der Waals surface area contributed by atoms with Gasteiger partial charge in [0.25, 0.3) is 10.0 Å². The summed E-state index contributed by atoms with van der Waals surface area (Å²) in [6, 6.07) is 15.4. The Balaban J connectivity index is 1.24. The Bertz CT molecular complexity index is 1630. The van der Waals surface area contributed by atoms with E-state index in [1.807, 2.05) is 23.8 Å². The highest BCUT2D eigenvalue weighted by Gasteiger charge is 2.24. The lowest BCUT2D eigenvalue weighted by Gasteiger charge is -2.18. The van der Waals surface area contributed by atoms with Gasteiger partial charge in [0.15, 0.2) is 5.75 Å². The van der Waals surface area contributed by atoms with Crippen molar-refractivity contribution in [3.63, 3.8) is 0 Å². The average Bonchev–Trinajstić information content (AvgIpc) is 3.48. The van der Waals surface area contributed by atoms with Gasteiger partial charge in [-0.1, -0.05) is 30.3 Å². The number of rotatable bonds is 9. The number of thiophene rings is 1. The maximum Gasteiger partial charge on any atom is 0.311 e. The van der Waals surface area contributed by atoms with E-state index in [4.69, 9.17) is 4.18 Å². The first-order valence-electron chi connectivity index (χ1n) is 11.7. The maximum atomic E-state index is 12.5. The molecule has 0 saturated carbocycles. The summed E-state index contributed by atoms with van der Waals surface area (Å²) in [5, 5.41) is 16.7. The standard InChI is InChI=1S/C25H27N3O6S3/c1-17(13-19-16-28-10-12-36(30,31)34-23-8-3-7-21(19)25(23)28)26-15-22(29)18-5-2-6-20(14-18)27-37(32,33)24-9-4-11-35-24/h2-9,11,14,16-17,22,26-27,29H,10,12-13,15H2,1H3. The number of benzene rings is 2. The molecule has 12 heteroatoms. The minimum Gasteiger partial charge on any atom is -0.387 e. The number of nitrogens with one attached hydrogen (secondary N) is 2. The second-order valence-electron chi connectivity index (χ2n) is 9.04. The second kappa shape index (κ2) is 10.1. The Morgan fingerprint density at radius 2 is 1.97 bits per heavy atom. The van der Waals surface area contributed by atoms with E-state index in [9.17, 15) is 21.9 Å². The van der Waals surface area contributed by atoms with Gasteiger partial charge in [-0.2, -0.15) is 8.42 Å². The van der Waals surface area contributed by atoms with Gasteiger partial charge in [0.2, 0.25) is 0 Å². The van der Waals surface area contributed by atoms with Gasteiger partial charge >= 0.3 is 10.1 Å². The van der Waals surface area contributed by atoms with Crippen LogP contribution in [0.4, 0.5) is 5.69 Å². The van der Waals surface area contributed by atoms with Crippen molar-refractivity contribution in [1.82, 2.24) is 9.88 Å². The van der Waals surface area contributed by atoms with Gasteiger partial charge in [-0.3, -0.25) is 4.72 Å². The SMILES string of the molecule is CC(Cc1cn2c3c(cccc13)OS(=O)(=O)CC2)NCC(O)c1cccc(NS(=O)(=O)c2cccs2)c1. The number of para-hydroxylation sites is 1. The van der Waals surface area contributed by atoms with Crippen LogP contribution in [0.3, 0.4) is 0 Å². The van der Waals surface area contributed by atoms with E-state index in [-0.39, 0.29) is 22.5 Å². The normalized spacial score (nSPS) is 16.6. The molecule has 3 heterocycles. The summed E-state index contributed by atoms with van der Waals surface area (Å²) in [6.45, 7) is 2.61. The van der Waals surface area contributed by atoms with E-state index in [2.05, 4.69) is 10.0 Å². The third-order valence-electron chi connectivity index (χ3n) is 6.21. The number of aryl methyl sites for hydroxylation is 1. The lowest BCUT2D eigenvalue weighted by molar-refractivity contribution is 0.170. The molecular weight excluding hydrogens is 534 g/mol. The van der Waals surface area contributed by atoms with Crippen molar-refractivity contribution in [1.29, 1.82) is 0 Å². The molecule has 1 aliphatic rings. The zero-order valence-electron chi connectivity index (χ0n) is 20.0. The largest absolute Gasteiger partial charge is 0.387 e. The summed E-state index contributed by atoms with van der Waals surface area (Å²) in [6.07, 6.45) is 1.79. The van der Waals surface area contributed by atoms with Crippen LogP contribution in [-0.4, -0.2) is 44.8 Å². The van der Waals surface area contributed by atoms with Crippen LogP contribution in [0.15, 0.2) is 70.4 Å². The van der Waals surface area contributed by atoms with Crippen LogP contribution >= 0.6 is 11.3 Å². The molecule has 0 saturated heterocycles. The van der Waals surface area contributed by atoms with Crippen molar-refractivity contribution in [2.75, 3.05) is 17.0 Å². The molecule has 0 spiro atoms. The molecule has 4 aromatic rings. The Morgan fingerprint density at radius 1 is 1.16 bits per heavy atom. The zero-order valence-corrected chi connectivity index (χ0v) is 22.4. The number of aliphatic hydroxyl groups excluding tert-OH is 1. The van der Waals surface area contributed by atoms with Crippen molar-refractivity contribution in [3.05, 3.63) is 77.3 Å². The fraction of sp³-hybridized carbons (Fsp3) is 0.280. The van der Waals surface area contributed by atoms with Crippen LogP contribution in [0.5, 0.6) is 5.75 Å². The van der Waals surface area contributed by atoms with Gasteiger partial charge in [-0.25, -0.2) is 8.42 Å². The maximum absolute atomic E-state index is 12.5. The number of nitrogens with zero attached hydrogens (tertiary/aromatic N) is 1. The molecule has 2 aromatic heterocycles. The highest BCUT2D eigenvalue weighted by molar-refractivity contribution is 7.94. The van der Waals surface area contributed by atoms with E-state index in [1.54, 1.807) is 47.8 Å². The summed E-state index contributed by atoms with van der Waals surface area (Å²) in [5.74, 6) is 0.250. The molecule has 0 amide bonds. The van der Waals surface area contributed by atoms with Gasteiger partial charge in [-0.05, 0) is 54.1 Å². The van der Waals surface area contributed by atoms with Crippen LogP contribution in [0.2, 0.25) is 0 Å². The fourth-order valence-corrected chi connectivity index (χ4v) is 7.41. The van der Waals surface area contributed by atoms with Gasteiger partial charge in [0, 0.05) is 36.4 Å². The summed E-state index contributed by atoms with van der Waals surface area (Å²) in [4.78, 5) is 0. The number of anilines is 1. The van der Waals surface area contributed by atoms with E-state index >= 15 is 0 Å². The summed E-state index contributed by atoms with van der Waals surface area (Å²) >= 11 is 1.14. The van der Waals surface area contributed by atoms with Gasteiger partial charge in [0.05, 0.1) is 11.6 Å². The van der Waals surface area contributed by atoms with Crippen molar-refractivity contribution >= 4 is 48.1 Å². The van der Waals surface area contributed by atoms with Gasteiger partial charge < -0.3 is 19.2 Å². The molecule has 1 aliphatic heterocycles. The quantitative estimate of drug-likeness (QED) is 0.267. The van der Waals surface area contributed by atoms with Crippen molar-refractivity contribution in [3.8, 4) is 5.75 Å². The molecule has 0 fully saturated rings. The number of aliphatic hydroxyl groups is 1. The molecule has 0 radical (unpaired) electrons. The number of aromatic nitrogens is 1. The minimum absolute atomic E-state index is 0.00506. The van der Waals surface area contributed by atoms with Crippen molar-refractivity contribution < 1.29 is 26.1 Å². The first-order valence-corrected chi connectivity index (χ1v) is 15.7. The van der Waals surface area contributed by atoms with Crippen LogP contribution < -0.4 is 14.2 Å². The first kappa shape index (κ1) is 25.7. The molecule has 5 rings (SSSR count). The lowest BCUT2D eigenvalue weighted by Crippen LogP contribution is -2.32. The van der Waals surface area contributed by atoms with Crippen molar-refractivity contribution in [2.24, 2.45) is 0 Å². The first-order chi connectivity index (χ1) is 17.6. The third-order valence-corrected chi connectivity index (χ3v) is 10.1. The molecule has 2 aromatic carbocycles. The Morgan fingerprint density at radius 3 is 2.76 bits per heavy atom. The second-order valence-corrected chi connectivity index (χ2v) is 13.6.